The Bertz CT molecular complexity index is 659. The van der Waals surface area contributed by atoms with Crippen LogP contribution in [0.1, 0.15) is 5.56 Å². The van der Waals surface area contributed by atoms with E-state index in [2.05, 4.69) is 4.98 Å². The maximum atomic E-state index is 12.8. The number of pyridine rings is 1. The van der Waals surface area contributed by atoms with E-state index in [1.54, 1.807) is 12.1 Å². The molecule has 112 valence electrons. The fraction of sp³-hybridized carbons (Fsp3) is 0.214. The fourth-order valence-corrected chi connectivity index (χ4v) is 2.02. The van der Waals surface area contributed by atoms with Crippen molar-refractivity contribution in [2.45, 2.75) is 6.18 Å². The summed E-state index contributed by atoms with van der Waals surface area (Å²) >= 11 is 5.69. The summed E-state index contributed by atoms with van der Waals surface area (Å²) in [6, 6.07) is 6.46. The minimum atomic E-state index is -4.51. The number of alkyl halides is 3. The molecule has 0 radical (unpaired) electrons. The third-order valence-corrected chi connectivity index (χ3v) is 3.00. The molecule has 0 bridgehead atoms. The highest BCUT2D eigenvalue weighted by Crippen LogP contribution is 2.37. The van der Waals surface area contributed by atoms with E-state index in [4.69, 9.17) is 21.1 Å². The summed E-state index contributed by atoms with van der Waals surface area (Å²) in [6.45, 7) is 0. The molecule has 0 saturated heterocycles. The Morgan fingerprint density at radius 2 is 1.76 bits per heavy atom. The lowest BCUT2D eigenvalue weighted by Gasteiger charge is -2.13. The van der Waals surface area contributed by atoms with Crippen molar-refractivity contribution in [3.05, 3.63) is 41.0 Å². The first kappa shape index (κ1) is 15.4. The summed E-state index contributed by atoms with van der Waals surface area (Å²) in [7, 11) is 2.87. The van der Waals surface area contributed by atoms with Crippen LogP contribution < -0.4 is 9.47 Å². The van der Waals surface area contributed by atoms with Crippen LogP contribution in [0.3, 0.4) is 0 Å². The lowest BCUT2D eigenvalue weighted by molar-refractivity contribution is -0.137. The average Bonchev–Trinajstić information content (AvgIpc) is 2.45. The van der Waals surface area contributed by atoms with Gasteiger partial charge in [0.15, 0.2) is 0 Å². The second-order valence-corrected chi connectivity index (χ2v) is 4.52. The number of nitrogens with zero attached hydrogens (tertiary/aromatic N) is 1. The topological polar surface area (TPSA) is 31.4 Å². The van der Waals surface area contributed by atoms with Crippen LogP contribution in [-0.4, -0.2) is 19.2 Å². The van der Waals surface area contributed by atoms with Gasteiger partial charge in [-0.05, 0) is 30.3 Å². The van der Waals surface area contributed by atoms with Gasteiger partial charge in [0.25, 0.3) is 0 Å². The molecule has 0 aliphatic heterocycles. The predicted octanol–water partition coefficient (Wildman–Crippen LogP) is 4.44. The summed E-state index contributed by atoms with van der Waals surface area (Å²) in [6.07, 6.45) is -4.51. The number of hydrogen-bond acceptors (Lipinski definition) is 3. The van der Waals surface area contributed by atoms with Gasteiger partial charge in [-0.1, -0.05) is 11.6 Å². The Balaban J connectivity index is 2.63. The highest BCUT2D eigenvalue weighted by molar-refractivity contribution is 6.29. The van der Waals surface area contributed by atoms with Gasteiger partial charge in [0, 0.05) is 5.56 Å². The maximum Gasteiger partial charge on any atom is 0.416 e. The number of methoxy groups -OCH3 is 2. The van der Waals surface area contributed by atoms with E-state index in [1.165, 1.54) is 20.3 Å². The third-order valence-electron chi connectivity index (χ3n) is 2.80. The van der Waals surface area contributed by atoms with E-state index in [-0.39, 0.29) is 10.8 Å². The van der Waals surface area contributed by atoms with Gasteiger partial charge < -0.3 is 9.47 Å². The van der Waals surface area contributed by atoms with Crippen molar-refractivity contribution in [1.29, 1.82) is 0 Å². The molecule has 0 amide bonds. The summed E-state index contributed by atoms with van der Waals surface area (Å²) < 4.78 is 48.8. The van der Waals surface area contributed by atoms with Gasteiger partial charge in [-0.25, -0.2) is 4.98 Å². The van der Waals surface area contributed by atoms with Crippen LogP contribution in [0.5, 0.6) is 11.5 Å². The Morgan fingerprint density at radius 3 is 2.33 bits per heavy atom. The maximum absolute atomic E-state index is 12.8. The highest BCUT2D eigenvalue weighted by Gasteiger charge is 2.32. The van der Waals surface area contributed by atoms with Crippen molar-refractivity contribution >= 4 is 11.6 Å². The van der Waals surface area contributed by atoms with Gasteiger partial charge in [0.2, 0.25) is 0 Å². The highest BCUT2D eigenvalue weighted by atomic mass is 35.5. The van der Waals surface area contributed by atoms with Gasteiger partial charge >= 0.3 is 6.18 Å². The van der Waals surface area contributed by atoms with E-state index in [9.17, 15) is 13.2 Å². The normalized spacial score (nSPS) is 11.3. The molecular formula is C14H11ClF3NO2. The number of aromatic nitrogens is 1. The number of ether oxygens (including phenoxy) is 2. The second kappa shape index (κ2) is 5.81. The van der Waals surface area contributed by atoms with E-state index >= 15 is 0 Å². The second-order valence-electron chi connectivity index (χ2n) is 4.13. The lowest BCUT2D eigenvalue weighted by atomic mass is 10.1. The predicted molar refractivity (Wildman–Crippen MR) is 72.8 cm³/mol. The molecule has 2 aromatic rings. The van der Waals surface area contributed by atoms with Crippen molar-refractivity contribution in [3.63, 3.8) is 0 Å². The van der Waals surface area contributed by atoms with Crippen molar-refractivity contribution in [2.24, 2.45) is 0 Å². The van der Waals surface area contributed by atoms with Crippen LogP contribution in [0.2, 0.25) is 5.15 Å². The van der Waals surface area contributed by atoms with Gasteiger partial charge in [-0.2, -0.15) is 13.2 Å². The Hall–Kier alpha value is -1.95. The minimum Gasteiger partial charge on any atom is -0.497 e. The van der Waals surface area contributed by atoms with E-state index < -0.39 is 11.7 Å². The Morgan fingerprint density at radius 1 is 1.05 bits per heavy atom. The SMILES string of the molecule is COc1ccc(OC)c(-c2cc(C(F)(F)F)cc(Cl)n2)c1. The monoisotopic (exact) mass is 317 g/mol. The zero-order valence-electron chi connectivity index (χ0n) is 11.2. The van der Waals surface area contributed by atoms with E-state index in [0.717, 1.165) is 12.1 Å². The summed E-state index contributed by atoms with van der Waals surface area (Å²) in [5.74, 6) is 0.847. The molecule has 21 heavy (non-hydrogen) atoms. The van der Waals surface area contributed by atoms with E-state index in [0.29, 0.717) is 17.1 Å². The Kier molecular flexibility index (Phi) is 4.27. The van der Waals surface area contributed by atoms with Crippen molar-refractivity contribution in [1.82, 2.24) is 4.98 Å². The smallest absolute Gasteiger partial charge is 0.416 e. The van der Waals surface area contributed by atoms with Crippen molar-refractivity contribution < 1.29 is 22.6 Å². The summed E-state index contributed by atoms with van der Waals surface area (Å²) in [5, 5.41) is -0.246. The molecule has 0 aliphatic carbocycles. The molecule has 0 N–H and O–H groups in total. The standard InChI is InChI=1S/C14H11ClF3NO2/c1-20-9-3-4-12(21-2)10(7-9)11-5-8(14(16,17)18)6-13(15)19-11/h3-7H,1-2H3. The lowest BCUT2D eigenvalue weighted by Crippen LogP contribution is -2.06. The fourth-order valence-electron chi connectivity index (χ4n) is 1.81. The van der Waals surface area contributed by atoms with Gasteiger partial charge in [-0.3, -0.25) is 0 Å². The Labute approximate surface area is 124 Å². The number of hydrogen-bond donors (Lipinski definition) is 0. The van der Waals surface area contributed by atoms with Gasteiger partial charge in [0.1, 0.15) is 16.7 Å². The van der Waals surface area contributed by atoms with Crippen LogP contribution >= 0.6 is 11.6 Å². The third kappa shape index (κ3) is 3.39. The molecule has 0 saturated carbocycles. The van der Waals surface area contributed by atoms with Gasteiger partial charge in [-0.15, -0.1) is 0 Å². The molecule has 2 rings (SSSR count). The first-order chi connectivity index (χ1) is 9.85. The van der Waals surface area contributed by atoms with Crippen molar-refractivity contribution in [2.75, 3.05) is 14.2 Å². The summed E-state index contributed by atoms with van der Waals surface area (Å²) in [5.41, 5.74) is -0.446. The van der Waals surface area contributed by atoms with Crippen LogP contribution in [0.15, 0.2) is 30.3 Å². The molecule has 0 spiro atoms. The molecule has 7 heteroatoms. The molecule has 0 fully saturated rings. The molecule has 3 nitrogen and oxygen atoms in total. The minimum absolute atomic E-state index is 0.0607. The zero-order chi connectivity index (χ0) is 15.6. The number of halogens is 4. The molecule has 1 aromatic heterocycles. The quantitative estimate of drug-likeness (QED) is 0.784. The van der Waals surface area contributed by atoms with Crippen LogP contribution in [0.25, 0.3) is 11.3 Å². The largest absolute Gasteiger partial charge is 0.497 e. The van der Waals surface area contributed by atoms with Crippen LogP contribution in [-0.2, 0) is 6.18 Å². The summed E-state index contributed by atoms with van der Waals surface area (Å²) in [4.78, 5) is 3.93. The first-order valence-corrected chi connectivity index (χ1v) is 6.20. The van der Waals surface area contributed by atoms with Crippen LogP contribution in [0.4, 0.5) is 13.2 Å². The molecular weight excluding hydrogens is 307 g/mol. The average molecular weight is 318 g/mol. The van der Waals surface area contributed by atoms with E-state index in [1.807, 2.05) is 0 Å². The molecule has 1 aromatic carbocycles. The first-order valence-electron chi connectivity index (χ1n) is 5.82. The van der Waals surface area contributed by atoms with Gasteiger partial charge in [0.05, 0.1) is 25.5 Å². The zero-order valence-corrected chi connectivity index (χ0v) is 11.9. The number of rotatable bonds is 3. The van der Waals surface area contributed by atoms with Crippen molar-refractivity contribution in [3.8, 4) is 22.8 Å². The molecule has 0 unspecified atom stereocenters. The molecule has 0 aliphatic rings. The van der Waals surface area contributed by atoms with Crippen LogP contribution in [0, 0.1) is 0 Å². The number of benzene rings is 1. The molecule has 0 atom stereocenters. The molecule has 1 heterocycles.